The first-order chi connectivity index (χ1) is 26.1. The molecule has 0 spiro atoms. The Bertz CT molecular complexity index is 2060. The summed E-state index contributed by atoms with van der Waals surface area (Å²) < 4.78 is 48.9. The number of carbonyl (C=O) groups is 1. The van der Waals surface area contributed by atoms with Gasteiger partial charge in [0.25, 0.3) is 0 Å². The first kappa shape index (κ1) is 36.4. The number of rotatable bonds is 9. The Morgan fingerprint density at radius 1 is 1.11 bits per heavy atom. The third kappa shape index (κ3) is 6.59. The molecule has 2 saturated heterocycles. The molecule has 2 aromatic carbocycles. The number of benzene rings is 2. The van der Waals surface area contributed by atoms with Crippen molar-refractivity contribution in [2.24, 2.45) is 0 Å². The zero-order chi connectivity index (χ0) is 37.7. The van der Waals surface area contributed by atoms with Crippen molar-refractivity contribution in [3.63, 3.8) is 0 Å². The summed E-state index contributed by atoms with van der Waals surface area (Å²) in [4.78, 5) is 30.8. The Balaban J connectivity index is 1.19. The number of carbonyl (C=O) groups excluding carboxylic acids is 1. The predicted molar refractivity (Wildman–Crippen MR) is 198 cm³/mol. The zero-order valence-electron chi connectivity index (χ0n) is 31.4. The van der Waals surface area contributed by atoms with Gasteiger partial charge in [-0.25, -0.2) is 13.6 Å². The molecule has 1 N–H and O–H groups in total. The molecule has 15 heteroatoms. The van der Waals surface area contributed by atoms with Gasteiger partial charge in [0, 0.05) is 88.3 Å². The number of aliphatic hydroxyl groups is 1. The summed E-state index contributed by atoms with van der Waals surface area (Å²) in [7, 11) is 4.88. The molecule has 0 radical (unpaired) electrons. The van der Waals surface area contributed by atoms with Crippen LogP contribution < -0.4 is 19.3 Å². The molecule has 4 aliphatic rings. The van der Waals surface area contributed by atoms with E-state index in [4.69, 9.17) is 24.2 Å². The number of hydrogen-bond donors (Lipinski definition) is 1. The number of amides is 1. The summed E-state index contributed by atoms with van der Waals surface area (Å²) in [5, 5.41) is 17.3. The van der Waals surface area contributed by atoms with Gasteiger partial charge in [-0.05, 0) is 61.7 Å². The third-order valence-electron chi connectivity index (χ3n) is 11.5. The smallest absolute Gasteiger partial charge is 0.344 e. The maximum Gasteiger partial charge on any atom is 0.344 e. The topological polar surface area (TPSA) is 122 Å². The Labute approximate surface area is 313 Å². The number of fused-ring (bicyclic) bond motifs is 4. The van der Waals surface area contributed by atoms with Gasteiger partial charge in [0.05, 0.1) is 29.6 Å². The monoisotopic (exact) mass is 746 g/mol. The summed E-state index contributed by atoms with van der Waals surface area (Å²) in [6.07, 6.45) is 3.67. The van der Waals surface area contributed by atoms with Crippen molar-refractivity contribution in [2.75, 3.05) is 70.6 Å². The lowest BCUT2D eigenvalue weighted by atomic mass is 9.95. The number of aliphatic hydroxyl groups excluding tert-OH is 1. The van der Waals surface area contributed by atoms with Crippen molar-refractivity contribution in [3.05, 3.63) is 64.4 Å². The summed E-state index contributed by atoms with van der Waals surface area (Å²) in [6, 6.07) is 7.03. The number of nitrogens with zero attached hydrogens (tertiary/aromatic N) is 8. The van der Waals surface area contributed by atoms with Crippen LogP contribution in [0.1, 0.15) is 66.8 Å². The predicted octanol–water partition coefficient (Wildman–Crippen LogP) is 5.00. The molecule has 13 nitrogen and oxygen atoms in total. The Morgan fingerprint density at radius 2 is 1.96 bits per heavy atom. The Kier molecular flexibility index (Phi) is 9.81. The van der Waals surface area contributed by atoms with E-state index in [1.54, 1.807) is 33.5 Å². The summed E-state index contributed by atoms with van der Waals surface area (Å²) >= 11 is 0. The standard InChI is InChI=1S/C39H48F2N8O5/c1-5-28-30(41)8-7-24-15-27(54-23-52-4)16-32(34(24)28)46-13-9-29-31(21-46)42-37(53-22-39-11-6-12-48(39)20-26(40)17-39)43-36(29)47-14-10-33(50)35-25(18-47)19-49(44-35)38(51)45(2)3/h7-8,15-16,19,26,33,50H,5-6,9-14,17-18,20-23H2,1-4H3/t26-,33?,39+/m1/s1. The lowest BCUT2D eigenvalue weighted by Crippen LogP contribution is -2.43. The summed E-state index contributed by atoms with van der Waals surface area (Å²) in [5.41, 5.74) is 4.02. The van der Waals surface area contributed by atoms with E-state index in [0.717, 1.165) is 52.7 Å². The van der Waals surface area contributed by atoms with Crippen molar-refractivity contribution in [1.82, 2.24) is 29.5 Å². The molecule has 2 fully saturated rings. The molecule has 1 unspecified atom stereocenters. The molecule has 1 amide bonds. The van der Waals surface area contributed by atoms with E-state index in [0.29, 0.717) is 81.2 Å². The van der Waals surface area contributed by atoms with Crippen molar-refractivity contribution >= 4 is 28.3 Å². The van der Waals surface area contributed by atoms with Crippen LogP contribution in [-0.2, 0) is 30.7 Å². The van der Waals surface area contributed by atoms with Gasteiger partial charge in [0.15, 0.2) is 6.79 Å². The SMILES string of the molecule is CCc1c(F)ccc2cc(OCOC)cc(N3CCc4c(nc(OC[C@@]56CCCN5C[C@H](F)C6)nc4N4CCC(O)c5nn(C(=O)N(C)C)cc5C4)C3)c12. The van der Waals surface area contributed by atoms with Crippen LogP contribution in [0.15, 0.2) is 30.5 Å². The minimum absolute atomic E-state index is 0.0728. The van der Waals surface area contributed by atoms with Crippen LogP contribution >= 0.6 is 0 Å². The third-order valence-corrected chi connectivity index (χ3v) is 11.5. The van der Waals surface area contributed by atoms with Gasteiger partial charge in [-0.2, -0.15) is 19.7 Å². The molecule has 0 bridgehead atoms. The van der Waals surface area contributed by atoms with Crippen molar-refractivity contribution in [2.45, 2.75) is 76.4 Å². The van der Waals surface area contributed by atoms with E-state index in [1.807, 2.05) is 19.1 Å². The fourth-order valence-corrected chi connectivity index (χ4v) is 8.85. The average molecular weight is 747 g/mol. The highest BCUT2D eigenvalue weighted by Crippen LogP contribution is 2.42. The van der Waals surface area contributed by atoms with Gasteiger partial charge in [0.1, 0.15) is 30.2 Å². The second kappa shape index (κ2) is 14.6. The lowest BCUT2D eigenvalue weighted by molar-refractivity contribution is 0.0512. The second-order valence-corrected chi connectivity index (χ2v) is 15.1. The van der Waals surface area contributed by atoms with Gasteiger partial charge >= 0.3 is 12.0 Å². The molecular weight excluding hydrogens is 698 g/mol. The highest BCUT2D eigenvalue weighted by molar-refractivity contribution is 5.98. The molecule has 0 saturated carbocycles. The van der Waals surface area contributed by atoms with Crippen LogP contribution in [0.5, 0.6) is 11.8 Å². The van der Waals surface area contributed by atoms with E-state index in [1.165, 1.54) is 15.6 Å². The number of hydrogen-bond acceptors (Lipinski definition) is 11. The molecule has 2 aromatic heterocycles. The number of ether oxygens (including phenoxy) is 3. The molecular formula is C39H48F2N8O5. The van der Waals surface area contributed by atoms with Crippen LogP contribution in [0.25, 0.3) is 10.8 Å². The van der Waals surface area contributed by atoms with Gasteiger partial charge in [-0.3, -0.25) is 4.90 Å². The molecule has 0 aliphatic carbocycles. The summed E-state index contributed by atoms with van der Waals surface area (Å²) in [6.45, 7) is 5.40. The number of aromatic nitrogens is 4. The van der Waals surface area contributed by atoms with Crippen LogP contribution in [0.3, 0.4) is 0 Å². The first-order valence-corrected chi connectivity index (χ1v) is 18.8. The largest absolute Gasteiger partial charge is 0.467 e. The van der Waals surface area contributed by atoms with Crippen LogP contribution in [0.2, 0.25) is 0 Å². The zero-order valence-corrected chi connectivity index (χ0v) is 31.4. The minimum atomic E-state index is -0.892. The van der Waals surface area contributed by atoms with Crippen LogP contribution in [-0.4, -0.2) is 113 Å². The number of anilines is 2. The Hall–Kier alpha value is -4.60. The summed E-state index contributed by atoms with van der Waals surface area (Å²) in [5.74, 6) is 1.05. The van der Waals surface area contributed by atoms with Crippen molar-refractivity contribution < 1.29 is 32.9 Å². The van der Waals surface area contributed by atoms with E-state index in [9.17, 15) is 14.3 Å². The van der Waals surface area contributed by atoms with Crippen molar-refractivity contribution in [1.29, 1.82) is 0 Å². The molecule has 3 atom stereocenters. The van der Waals surface area contributed by atoms with Gasteiger partial charge in [-0.15, -0.1) is 0 Å². The van der Waals surface area contributed by atoms with E-state index in [2.05, 4.69) is 19.8 Å². The highest BCUT2D eigenvalue weighted by atomic mass is 19.1. The number of aryl methyl sites for hydroxylation is 1. The van der Waals surface area contributed by atoms with E-state index in [-0.39, 0.29) is 36.8 Å². The van der Waals surface area contributed by atoms with E-state index >= 15 is 4.39 Å². The van der Waals surface area contributed by atoms with Crippen molar-refractivity contribution in [3.8, 4) is 11.8 Å². The minimum Gasteiger partial charge on any atom is -0.467 e. The fourth-order valence-electron chi connectivity index (χ4n) is 8.85. The second-order valence-electron chi connectivity index (χ2n) is 15.1. The first-order valence-electron chi connectivity index (χ1n) is 18.8. The van der Waals surface area contributed by atoms with Crippen LogP contribution in [0, 0.1) is 5.82 Å². The normalized spacial score (nSPS) is 22.6. The van der Waals surface area contributed by atoms with Gasteiger partial charge in [0.2, 0.25) is 0 Å². The van der Waals surface area contributed by atoms with Gasteiger partial charge < -0.3 is 34.0 Å². The fraction of sp³-hybridized carbons (Fsp3) is 0.538. The molecule has 6 heterocycles. The molecule has 4 aliphatic heterocycles. The van der Waals surface area contributed by atoms with Crippen LogP contribution in [0.4, 0.5) is 25.1 Å². The lowest BCUT2D eigenvalue weighted by Gasteiger charge is -2.35. The molecule has 288 valence electrons. The number of alkyl halides is 1. The Morgan fingerprint density at radius 3 is 2.76 bits per heavy atom. The number of methoxy groups -OCH3 is 1. The molecule has 4 aromatic rings. The van der Waals surface area contributed by atoms with E-state index < -0.39 is 12.3 Å². The quantitative estimate of drug-likeness (QED) is 0.233. The highest BCUT2D eigenvalue weighted by Gasteiger charge is 2.49. The maximum absolute atomic E-state index is 15.3. The van der Waals surface area contributed by atoms with Gasteiger partial charge in [-0.1, -0.05) is 13.0 Å². The average Bonchev–Trinajstić information content (AvgIpc) is 3.82. The molecule has 8 rings (SSSR count). The molecule has 54 heavy (non-hydrogen) atoms. The number of halogens is 2. The maximum atomic E-state index is 15.3.